The standard InChI is InChI=1S/C27H25ClN2O4S/c1-20-24(28)14-8-15-25(20)30(35(32,33)22-11-3-2-4-12-22)19-27(31)29-17-18-34-26-16-7-10-21-9-5-6-13-23(21)26/h2-16H,17-19H2,1H3,(H,29,31). The summed E-state index contributed by atoms with van der Waals surface area (Å²) in [5.41, 5.74) is 0.921. The largest absolute Gasteiger partial charge is 0.491 e. The minimum atomic E-state index is -4.00. The van der Waals surface area contributed by atoms with Crippen LogP contribution in [0.25, 0.3) is 10.8 Å². The van der Waals surface area contributed by atoms with Crippen molar-refractivity contribution in [2.75, 3.05) is 24.0 Å². The summed E-state index contributed by atoms with van der Waals surface area (Å²) in [6, 6.07) is 26.7. The van der Waals surface area contributed by atoms with Crippen molar-refractivity contribution < 1.29 is 17.9 Å². The molecule has 35 heavy (non-hydrogen) atoms. The third-order valence-electron chi connectivity index (χ3n) is 5.56. The number of rotatable bonds is 9. The van der Waals surface area contributed by atoms with E-state index in [4.69, 9.17) is 16.3 Å². The molecule has 0 saturated carbocycles. The van der Waals surface area contributed by atoms with Crippen molar-refractivity contribution in [3.63, 3.8) is 0 Å². The molecule has 0 spiro atoms. The van der Waals surface area contributed by atoms with E-state index in [0.717, 1.165) is 20.8 Å². The van der Waals surface area contributed by atoms with Crippen LogP contribution in [0.1, 0.15) is 5.56 Å². The number of amides is 1. The lowest BCUT2D eigenvalue weighted by atomic mass is 10.1. The fourth-order valence-corrected chi connectivity index (χ4v) is 5.41. The summed E-state index contributed by atoms with van der Waals surface area (Å²) < 4.78 is 33.9. The van der Waals surface area contributed by atoms with Crippen molar-refractivity contribution in [3.05, 3.63) is 102 Å². The van der Waals surface area contributed by atoms with Gasteiger partial charge in [-0.2, -0.15) is 0 Å². The van der Waals surface area contributed by atoms with Gasteiger partial charge in [0.2, 0.25) is 5.91 Å². The van der Waals surface area contributed by atoms with E-state index in [2.05, 4.69) is 5.32 Å². The Morgan fingerprint density at radius 3 is 2.40 bits per heavy atom. The van der Waals surface area contributed by atoms with Gasteiger partial charge in [0.15, 0.2) is 0 Å². The molecule has 4 aromatic carbocycles. The number of nitrogens with zero attached hydrogens (tertiary/aromatic N) is 1. The van der Waals surface area contributed by atoms with Gasteiger partial charge in [-0.1, -0.05) is 72.3 Å². The Morgan fingerprint density at radius 2 is 1.60 bits per heavy atom. The summed E-state index contributed by atoms with van der Waals surface area (Å²) in [6.45, 7) is 1.78. The van der Waals surface area contributed by atoms with Gasteiger partial charge in [-0.25, -0.2) is 8.42 Å². The molecule has 8 heteroatoms. The minimum Gasteiger partial charge on any atom is -0.491 e. The first-order valence-electron chi connectivity index (χ1n) is 11.1. The van der Waals surface area contributed by atoms with Crippen LogP contribution in [-0.4, -0.2) is 34.0 Å². The van der Waals surface area contributed by atoms with Crippen LogP contribution in [0.2, 0.25) is 5.02 Å². The molecule has 180 valence electrons. The van der Waals surface area contributed by atoms with Crippen LogP contribution < -0.4 is 14.4 Å². The second kappa shape index (κ2) is 10.8. The maximum Gasteiger partial charge on any atom is 0.264 e. The lowest BCUT2D eigenvalue weighted by molar-refractivity contribution is -0.119. The maximum absolute atomic E-state index is 13.4. The lowest BCUT2D eigenvalue weighted by Gasteiger charge is -2.26. The molecule has 4 aromatic rings. The minimum absolute atomic E-state index is 0.0893. The van der Waals surface area contributed by atoms with Crippen molar-refractivity contribution in [1.82, 2.24) is 5.32 Å². The van der Waals surface area contributed by atoms with E-state index in [-0.39, 0.29) is 18.0 Å². The normalized spacial score (nSPS) is 11.3. The van der Waals surface area contributed by atoms with E-state index < -0.39 is 22.5 Å². The first-order chi connectivity index (χ1) is 16.9. The van der Waals surface area contributed by atoms with Crippen molar-refractivity contribution in [3.8, 4) is 5.75 Å². The van der Waals surface area contributed by atoms with Crippen LogP contribution in [0, 0.1) is 6.92 Å². The van der Waals surface area contributed by atoms with Crippen molar-refractivity contribution >= 4 is 44.0 Å². The van der Waals surface area contributed by atoms with Crippen molar-refractivity contribution in [1.29, 1.82) is 0 Å². The van der Waals surface area contributed by atoms with Crippen LogP contribution in [0.3, 0.4) is 0 Å². The zero-order chi connectivity index (χ0) is 24.8. The lowest BCUT2D eigenvalue weighted by Crippen LogP contribution is -2.42. The van der Waals surface area contributed by atoms with Crippen LogP contribution in [0.15, 0.2) is 95.9 Å². The van der Waals surface area contributed by atoms with E-state index in [9.17, 15) is 13.2 Å². The summed E-state index contributed by atoms with van der Waals surface area (Å²) in [6.07, 6.45) is 0. The Kier molecular flexibility index (Phi) is 7.58. The van der Waals surface area contributed by atoms with Gasteiger partial charge >= 0.3 is 0 Å². The number of nitrogens with one attached hydrogen (secondary N) is 1. The average Bonchev–Trinajstić information content (AvgIpc) is 2.87. The zero-order valence-corrected chi connectivity index (χ0v) is 20.7. The fourth-order valence-electron chi connectivity index (χ4n) is 3.74. The molecule has 4 rings (SSSR count). The Hall–Kier alpha value is -3.55. The van der Waals surface area contributed by atoms with E-state index in [1.165, 1.54) is 12.1 Å². The van der Waals surface area contributed by atoms with Gasteiger partial charge in [0.1, 0.15) is 18.9 Å². The van der Waals surface area contributed by atoms with Gasteiger partial charge in [-0.05, 0) is 48.2 Å². The van der Waals surface area contributed by atoms with Crippen LogP contribution in [-0.2, 0) is 14.8 Å². The Bertz CT molecular complexity index is 1440. The van der Waals surface area contributed by atoms with Gasteiger partial charge in [-0.3, -0.25) is 9.10 Å². The molecule has 0 saturated heterocycles. The molecule has 0 unspecified atom stereocenters. The number of anilines is 1. The van der Waals surface area contributed by atoms with E-state index in [1.54, 1.807) is 43.3 Å². The number of hydrogen-bond acceptors (Lipinski definition) is 4. The highest BCUT2D eigenvalue weighted by Crippen LogP contribution is 2.30. The molecule has 0 atom stereocenters. The molecule has 0 aromatic heterocycles. The molecule has 0 aliphatic carbocycles. The molecule has 0 fully saturated rings. The summed E-state index contributed by atoms with van der Waals surface area (Å²) in [5, 5.41) is 5.22. The summed E-state index contributed by atoms with van der Waals surface area (Å²) in [5.74, 6) is 0.269. The number of fused-ring (bicyclic) bond motifs is 1. The van der Waals surface area contributed by atoms with Gasteiger partial charge in [-0.15, -0.1) is 0 Å². The highest BCUT2D eigenvalue weighted by Gasteiger charge is 2.28. The third-order valence-corrected chi connectivity index (χ3v) is 7.74. The number of carbonyl (C=O) groups is 1. The summed E-state index contributed by atoms with van der Waals surface area (Å²) >= 11 is 6.25. The Balaban J connectivity index is 1.47. The number of halogens is 1. The van der Waals surface area contributed by atoms with Crippen molar-refractivity contribution in [2.24, 2.45) is 0 Å². The number of carbonyl (C=O) groups excluding carboxylic acids is 1. The van der Waals surface area contributed by atoms with E-state index in [0.29, 0.717) is 16.3 Å². The molecule has 0 aliphatic rings. The van der Waals surface area contributed by atoms with Crippen LogP contribution >= 0.6 is 11.6 Å². The SMILES string of the molecule is Cc1c(Cl)cccc1N(CC(=O)NCCOc1cccc2ccccc12)S(=O)(=O)c1ccccc1. The van der Waals surface area contributed by atoms with E-state index in [1.807, 2.05) is 42.5 Å². The third kappa shape index (κ3) is 5.58. The monoisotopic (exact) mass is 508 g/mol. The molecule has 0 bridgehead atoms. The highest BCUT2D eigenvalue weighted by molar-refractivity contribution is 7.92. The van der Waals surface area contributed by atoms with Crippen molar-refractivity contribution in [2.45, 2.75) is 11.8 Å². The smallest absolute Gasteiger partial charge is 0.264 e. The quantitative estimate of drug-likeness (QED) is 0.316. The molecule has 0 radical (unpaired) electrons. The van der Waals surface area contributed by atoms with Gasteiger partial charge < -0.3 is 10.1 Å². The van der Waals surface area contributed by atoms with Crippen LogP contribution in [0.4, 0.5) is 5.69 Å². The number of benzene rings is 4. The highest BCUT2D eigenvalue weighted by atomic mass is 35.5. The number of sulfonamides is 1. The van der Waals surface area contributed by atoms with Gasteiger partial charge in [0, 0.05) is 10.4 Å². The zero-order valence-electron chi connectivity index (χ0n) is 19.1. The van der Waals surface area contributed by atoms with Gasteiger partial charge in [0.05, 0.1) is 17.1 Å². The molecule has 0 heterocycles. The Labute approximate surface area is 210 Å². The molecule has 1 amide bonds. The molecule has 0 aliphatic heterocycles. The first-order valence-corrected chi connectivity index (χ1v) is 12.9. The molecular formula is C27H25ClN2O4S. The van der Waals surface area contributed by atoms with E-state index >= 15 is 0 Å². The van der Waals surface area contributed by atoms with Crippen LogP contribution in [0.5, 0.6) is 5.75 Å². The predicted molar refractivity (Wildman–Crippen MR) is 140 cm³/mol. The fraction of sp³-hybridized carbons (Fsp3) is 0.148. The first kappa shape index (κ1) is 24.6. The second-order valence-electron chi connectivity index (χ2n) is 7.88. The molecule has 1 N–H and O–H groups in total. The second-order valence-corrected chi connectivity index (χ2v) is 10.2. The number of hydrogen-bond donors (Lipinski definition) is 1. The maximum atomic E-state index is 13.4. The average molecular weight is 509 g/mol. The Morgan fingerprint density at radius 1 is 0.914 bits per heavy atom. The number of ether oxygens (including phenoxy) is 1. The predicted octanol–water partition coefficient (Wildman–Crippen LogP) is 5.19. The summed E-state index contributed by atoms with van der Waals surface area (Å²) in [7, 11) is -4.00. The van der Waals surface area contributed by atoms with Gasteiger partial charge in [0.25, 0.3) is 10.0 Å². The summed E-state index contributed by atoms with van der Waals surface area (Å²) in [4.78, 5) is 12.9. The molecule has 6 nitrogen and oxygen atoms in total. The topological polar surface area (TPSA) is 75.7 Å². The molecular weight excluding hydrogens is 484 g/mol.